The molecule has 0 aliphatic carbocycles. The maximum atomic E-state index is 14.1. The zero-order valence-electron chi connectivity index (χ0n) is 12.8. The summed E-state index contributed by atoms with van der Waals surface area (Å²) in [5, 5.41) is 2.67. The number of anilines is 1. The number of carbonyl (C=O) groups is 1. The summed E-state index contributed by atoms with van der Waals surface area (Å²) in [6.45, 7) is 1.92. The molecule has 0 saturated heterocycles. The normalized spacial score (nSPS) is 16.2. The van der Waals surface area contributed by atoms with Crippen LogP contribution in [0.5, 0.6) is 5.75 Å². The lowest BCUT2D eigenvalue weighted by Crippen LogP contribution is -2.25. The van der Waals surface area contributed by atoms with Crippen LogP contribution in [0.3, 0.4) is 0 Å². The van der Waals surface area contributed by atoms with E-state index in [1.807, 2.05) is 0 Å². The highest BCUT2D eigenvalue weighted by atomic mass is 35.5. The summed E-state index contributed by atoms with van der Waals surface area (Å²) >= 11 is 5.67. The summed E-state index contributed by atoms with van der Waals surface area (Å²) in [4.78, 5) is 15.0. The molecule has 2 aromatic rings. The minimum Gasteiger partial charge on any atom is -0.492 e. The minimum absolute atomic E-state index is 0.177. The number of aryl methyl sites for hydroxylation is 1. The van der Waals surface area contributed by atoms with E-state index >= 15 is 0 Å². The lowest BCUT2D eigenvalue weighted by Gasteiger charge is -2.26. The van der Waals surface area contributed by atoms with Gasteiger partial charge in [0, 0.05) is 17.7 Å². The lowest BCUT2D eigenvalue weighted by atomic mass is 9.97. The number of rotatable bonds is 3. The van der Waals surface area contributed by atoms with Gasteiger partial charge >= 0.3 is 0 Å². The molecule has 0 spiro atoms. The zero-order valence-corrected chi connectivity index (χ0v) is 13.6. The van der Waals surface area contributed by atoms with Gasteiger partial charge in [-0.25, -0.2) is 13.6 Å². The summed E-state index contributed by atoms with van der Waals surface area (Å²) in [6.07, 6.45) is 0.496. The monoisotopic (exact) mass is 352 g/mol. The molecule has 1 aliphatic rings. The molecule has 3 rings (SSSR count). The Morgan fingerprint density at radius 3 is 2.71 bits per heavy atom. The van der Waals surface area contributed by atoms with E-state index in [4.69, 9.17) is 16.5 Å². The van der Waals surface area contributed by atoms with Gasteiger partial charge in [0.05, 0.1) is 18.2 Å². The van der Waals surface area contributed by atoms with Gasteiger partial charge in [0.1, 0.15) is 17.4 Å². The molecule has 24 heavy (non-hydrogen) atoms. The molecule has 2 N–H and O–H groups in total. The van der Waals surface area contributed by atoms with Crippen molar-refractivity contribution in [2.45, 2.75) is 19.4 Å². The molecule has 2 aromatic carbocycles. The molecule has 4 nitrogen and oxygen atoms in total. The van der Waals surface area contributed by atoms with Crippen molar-refractivity contribution in [1.29, 1.82) is 0 Å². The average Bonchev–Trinajstić information content (AvgIpc) is 2.58. The summed E-state index contributed by atoms with van der Waals surface area (Å²) in [5.74, 6) is -1.13. The first-order chi connectivity index (χ1) is 11.5. The van der Waals surface area contributed by atoms with E-state index in [0.717, 1.165) is 0 Å². The van der Waals surface area contributed by atoms with Crippen molar-refractivity contribution >= 4 is 23.4 Å². The van der Waals surface area contributed by atoms with Crippen molar-refractivity contribution in [3.8, 4) is 5.75 Å². The summed E-state index contributed by atoms with van der Waals surface area (Å²) < 4.78 is 33.0. The standard InChI is InChI=1S/C17H15ClF2N2O2/c1-9-8-10(2-4-12(9)19)21-17(23)11-3-5-13(20)15-14(22-18)6-7-24-16(11)15/h2-5,8,14,22H,6-7H2,1H3,(H,21,23)/t14-/m0/s1. The first-order valence-electron chi connectivity index (χ1n) is 7.40. The van der Waals surface area contributed by atoms with Gasteiger partial charge < -0.3 is 10.1 Å². The van der Waals surface area contributed by atoms with Crippen molar-refractivity contribution in [2.24, 2.45) is 0 Å². The van der Waals surface area contributed by atoms with Gasteiger partial charge in [0.2, 0.25) is 0 Å². The number of nitrogens with one attached hydrogen (secondary N) is 2. The van der Waals surface area contributed by atoms with Crippen LogP contribution in [0, 0.1) is 18.6 Å². The quantitative estimate of drug-likeness (QED) is 0.818. The molecule has 0 fully saturated rings. The largest absolute Gasteiger partial charge is 0.492 e. The van der Waals surface area contributed by atoms with Crippen LogP contribution in [0.4, 0.5) is 14.5 Å². The SMILES string of the molecule is Cc1cc(NC(=O)c2ccc(F)c3c2OCC[C@@H]3NCl)ccc1F. The molecule has 1 atom stereocenters. The predicted octanol–water partition coefficient (Wildman–Crippen LogP) is 4.09. The Morgan fingerprint density at radius 1 is 1.25 bits per heavy atom. The van der Waals surface area contributed by atoms with Crippen molar-refractivity contribution in [1.82, 2.24) is 4.84 Å². The molecular weight excluding hydrogens is 338 g/mol. The van der Waals surface area contributed by atoms with Crippen molar-refractivity contribution in [2.75, 3.05) is 11.9 Å². The minimum atomic E-state index is -0.489. The highest BCUT2D eigenvalue weighted by molar-refractivity contribution is 6.13. The van der Waals surface area contributed by atoms with Crippen LogP contribution in [0.1, 0.15) is 33.9 Å². The van der Waals surface area contributed by atoms with E-state index in [9.17, 15) is 13.6 Å². The third kappa shape index (κ3) is 3.07. The molecule has 1 amide bonds. The lowest BCUT2D eigenvalue weighted by molar-refractivity contribution is 0.102. The number of hydrogen-bond acceptors (Lipinski definition) is 3. The third-order valence-electron chi connectivity index (χ3n) is 3.94. The second-order valence-electron chi connectivity index (χ2n) is 5.55. The van der Waals surface area contributed by atoms with E-state index < -0.39 is 17.8 Å². The molecule has 7 heteroatoms. The maximum Gasteiger partial charge on any atom is 0.259 e. The van der Waals surface area contributed by atoms with Crippen molar-refractivity contribution in [3.05, 3.63) is 58.7 Å². The van der Waals surface area contributed by atoms with Crippen LogP contribution in [0.25, 0.3) is 0 Å². The van der Waals surface area contributed by atoms with Crippen LogP contribution < -0.4 is 14.9 Å². The van der Waals surface area contributed by atoms with Crippen LogP contribution in [-0.4, -0.2) is 12.5 Å². The van der Waals surface area contributed by atoms with Gasteiger partial charge in [0.25, 0.3) is 5.91 Å². The Bertz CT molecular complexity index is 798. The van der Waals surface area contributed by atoms with Gasteiger partial charge in [0.15, 0.2) is 0 Å². The average molecular weight is 353 g/mol. The van der Waals surface area contributed by atoms with Crippen LogP contribution in [-0.2, 0) is 0 Å². The van der Waals surface area contributed by atoms with Crippen molar-refractivity contribution < 1.29 is 18.3 Å². The third-order valence-corrected chi connectivity index (χ3v) is 4.20. The van der Waals surface area contributed by atoms with Crippen molar-refractivity contribution in [3.63, 3.8) is 0 Å². The molecule has 1 heterocycles. The number of benzene rings is 2. The Balaban J connectivity index is 1.94. The van der Waals surface area contributed by atoms with Gasteiger partial charge in [-0.05, 0) is 54.6 Å². The fourth-order valence-electron chi connectivity index (χ4n) is 2.69. The Labute approximate surface area is 142 Å². The second kappa shape index (κ2) is 6.75. The highest BCUT2D eigenvalue weighted by Gasteiger charge is 2.29. The number of amides is 1. The molecule has 0 radical (unpaired) electrons. The molecular formula is C17H15ClF2N2O2. The summed E-state index contributed by atoms with van der Waals surface area (Å²) in [6, 6.07) is 6.38. The van der Waals surface area contributed by atoms with Crippen LogP contribution >= 0.6 is 11.8 Å². The van der Waals surface area contributed by atoms with Crippen LogP contribution in [0.15, 0.2) is 30.3 Å². The Kier molecular flexibility index (Phi) is 4.69. The van der Waals surface area contributed by atoms with E-state index in [0.29, 0.717) is 24.3 Å². The number of carbonyl (C=O) groups excluding carboxylic acids is 1. The molecule has 0 saturated carbocycles. The molecule has 0 unspecified atom stereocenters. The van der Waals surface area contributed by atoms with Crippen LogP contribution in [0.2, 0.25) is 0 Å². The predicted molar refractivity (Wildman–Crippen MR) is 87.3 cm³/mol. The van der Waals surface area contributed by atoms with Gasteiger partial charge in [-0.3, -0.25) is 4.79 Å². The molecule has 126 valence electrons. The smallest absolute Gasteiger partial charge is 0.259 e. The topological polar surface area (TPSA) is 50.4 Å². The Hall–Kier alpha value is -2.18. The van der Waals surface area contributed by atoms with Gasteiger partial charge in [-0.15, -0.1) is 0 Å². The number of fused-ring (bicyclic) bond motifs is 1. The fourth-order valence-corrected chi connectivity index (χ4v) is 2.91. The van der Waals surface area contributed by atoms with E-state index in [1.54, 1.807) is 6.92 Å². The van der Waals surface area contributed by atoms with E-state index in [1.165, 1.54) is 30.3 Å². The van der Waals surface area contributed by atoms with Gasteiger partial charge in [-0.1, -0.05) is 0 Å². The second-order valence-corrected chi connectivity index (χ2v) is 5.77. The molecule has 1 aliphatic heterocycles. The van der Waals surface area contributed by atoms with Gasteiger partial charge in [-0.2, -0.15) is 0 Å². The number of hydrogen-bond donors (Lipinski definition) is 2. The fraction of sp³-hybridized carbons (Fsp3) is 0.235. The Morgan fingerprint density at radius 2 is 2.00 bits per heavy atom. The highest BCUT2D eigenvalue weighted by Crippen LogP contribution is 2.37. The van der Waals surface area contributed by atoms with E-state index in [2.05, 4.69) is 10.2 Å². The zero-order chi connectivity index (χ0) is 17.3. The summed E-state index contributed by atoms with van der Waals surface area (Å²) in [7, 11) is 0. The first-order valence-corrected chi connectivity index (χ1v) is 7.78. The first kappa shape index (κ1) is 16.7. The number of halogens is 3. The number of ether oxygens (including phenoxy) is 1. The van der Waals surface area contributed by atoms with E-state index in [-0.39, 0.29) is 22.7 Å². The maximum absolute atomic E-state index is 14.1. The molecule has 0 bridgehead atoms. The molecule has 0 aromatic heterocycles. The summed E-state index contributed by atoms with van der Waals surface area (Å²) in [5.41, 5.74) is 1.29.